The van der Waals surface area contributed by atoms with E-state index in [1.54, 1.807) is 0 Å². The van der Waals surface area contributed by atoms with E-state index >= 15 is 0 Å². The van der Waals surface area contributed by atoms with Crippen LogP contribution in [-0.2, 0) is 4.79 Å². The van der Waals surface area contributed by atoms with Crippen LogP contribution in [0, 0.1) is 0 Å². The number of β-amino-alcohol motifs (C(OH)–C–C–N with tert-alkyl or cyclic N) is 1. The second-order valence-electron chi connectivity index (χ2n) is 6.11. The molecule has 4 heteroatoms. The Morgan fingerprint density at radius 2 is 1.94 bits per heavy atom. The zero-order valence-electron chi connectivity index (χ0n) is 11.7. The lowest BCUT2D eigenvalue weighted by molar-refractivity contribution is -0.142. The molecule has 18 heavy (non-hydrogen) atoms. The van der Waals surface area contributed by atoms with Gasteiger partial charge in [-0.2, -0.15) is 0 Å². The molecule has 2 fully saturated rings. The first-order chi connectivity index (χ1) is 8.52. The maximum atomic E-state index is 12.3. The van der Waals surface area contributed by atoms with Crippen molar-refractivity contribution in [3.05, 3.63) is 0 Å². The van der Waals surface area contributed by atoms with Crippen LogP contribution < -0.4 is 0 Å². The maximum absolute atomic E-state index is 12.3. The van der Waals surface area contributed by atoms with Crippen LogP contribution in [0.25, 0.3) is 0 Å². The van der Waals surface area contributed by atoms with E-state index in [2.05, 4.69) is 6.92 Å². The first-order valence-corrected chi connectivity index (χ1v) is 7.26. The van der Waals surface area contributed by atoms with E-state index in [-0.39, 0.29) is 5.91 Å². The van der Waals surface area contributed by atoms with Gasteiger partial charge in [-0.05, 0) is 26.7 Å². The summed E-state index contributed by atoms with van der Waals surface area (Å²) in [5.41, 5.74) is -0.581. The van der Waals surface area contributed by atoms with E-state index < -0.39 is 5.60 Å². The van der Waals surface area contributed by atoms with Gasteiger partial charge in [-0.15, -0.1) is 0 Å². The molecular formula is C14H26N2O2. The van der Waals surface area contributed by atoms with Crippen LogP contribution >= 0.6 is 0 Å². The molecule has 1 saturated carbocycles. The van der Waals surface area contributed by atoms with Gasteiger partial charge in [-0.25, -0.2) is 0 Å². The molecule has 0 spiro atoms. The van der Waals surface area contributed by atoms with Gasteiger partial charge < -0.3 is 10.0 Å². The lowest BCUT2D eigenvalue weighted by atomic mass is 9.93. The van der Waals surface area contributed by atoms with Crippen molar-refractivity contribution >= 4 is 5.91 Å². The Kier molecular flexibility index (Phi) is 4.28. The number of carbonyl (C=O) groups is 1. The number of aliphatic hydroxyl groups is 1. The highest BCUT2D eigenvalue weighted by atomic mass is 16.3. The molecule has 1 amide bonds. The smallest absolute Gasteiger partial charge is 0.236 e. The zero-order chi connectivity index (χ0) is 13.2. The van der Waals surface area contributed by atoms with Crippen molar-refractivity contribution in [3.63, 3.8) is 0 Å². The predicted molar refractivity (Wildman–Crippen MR) is 71.3 cm³/mol. The van der Waals surface area contributed by atoms with Crippen molar-refractivity contribution in [2.75, 3.05) is 26.2 Å². The molecule has 0 aromatic heterocycles. The normalized spacial score (nSPS) is 24.6. The van der Waals surface area contributed by atoms with Gasteiger partial charge in [0.15, 0.2) is 0 Å². The number of rotatable bonds is 4. The Bertz CT molecular complexity index is 290. The van der Waals surface area contributed by atoms with Gasteiger partial charge in [-0.3, -0.25) is 9.69 Å². The highest BCUT2D eigenvalue weighted by molar-refractivity contribution is 5.78. The van der Waals surface area contributed by atoms with Crippen LogP contribution in [0.3, 0.4) is 0 Å². The number of carbonyl (C=O) groups excluding carboxylic acids is 1. The molecule has 2 rings (SSSR count). The molecule has 1 aliphatic carbocycles. The van der Waals surface area contributed by atoms with Crippen LogP contribution in [0.1, 0.15) is 46.0 Å². The molecule has 0 unspecified atom stereocenters. The van der Waals surface area contributed by atoms with Gasteiger partial charge in [0, 0.05) is 25.7 Å². The van der Waals surface area contributed by atoms with Crippen LogP contribution in [0.2, 0.25) is 0 Å². The lowest BCUT2D eigenvalue weighted by Gasteiger charge is -2.45. The first kappa shape index (κ1) is 13.8. The van der Waals surface area contributed by atoms with Crippen LogP contribution in [0.4, 0.5) is 0 Å². The molecule has 104 valence electrons. The molecule has 0 radical (unpaired) electrons. The molecule has 1 heterocycles. The summed E-state index contributed by atoms with van der Waals surface area (Å²) in [6, 6.07) is 0.457. The maximum Gasteiger partial charge on any atom is 0.236 e. The van der Waals surface area contributed by atoms with Crippen molar-refractivity contribution in [2.24, 2.45) is 0 Å². The Morgan fingerprint density at radius 1 is 1.33 bits per heavy atom. The second-order valence-corrected chi connectivity index (χ2v) is 6.11. The fraction of sp³-hybridized carbons (Fsp3) is 0.929. The summed E-state index contributed by atoms with van der Waals surface area (Å²) in [6.45, 7) is 6.43. The fourth-order valence-corrected chi connectivity index (χ4v) is 3.34. The van der Waals surface area contributed by atoms with E-state index in [0.717, 1.165) is 19.4 Å². The van der Waals surface area contributed by atoms with Crippen LogP contribution in [0.15, 0.2) is 0 Å². The monoisotopic (exact) mass is 254 g/mol. The summed E-state index contributed by atoms with van der Waals surface area (Å²) < 4.78 is 0. The second kappa shape index (κ2) is 5.57. The van der Waals surface area contributed by atoms with Crippen molar-refractivity contribution in [2.45, 2.75) is 57.6 Å². The zero-order valence-corrected chi connectivity index (χ0v) is 11.7. The average Bonchev–Trinajstić information content (AvgIpc) is 2.29. The molecule has 0 aromatic rings. The number of likely N-dealkylation sites (tertiary alicyclic amines) is 1. The number of likely N-dealkylation sites (N-methyl/N-ethyl adjacent to an activating group) is 1. The summed E-state index contributed by atoms with van der Waals surface area (Å²) in [5.74, 6) is 0.236. The van der Waals surface area contributed by atoms with E-state index in [1.165, 1.54) is 19.3 Å². The summed E-state index contributed by atoms with van der Waals surface area (Å²) in [7, 11) is 0. The fourth-order valence-electron chi connectivity index (χ4n) is 3.34. The Hall–Kier alpha value is -0.610. The Morgan fingerprint density at radius 3 is 2.44 bits per heavy atom. The summed E-state index contributed by atoms with van der Waals surface area (Å²) >= 11 is 0. The van der Waals surface area contributed by atoms with E-state index in [0.29, 0.717) is 25.7 Å². The Labute approximate surface area is 110 Å². The third-order valence-electron chi connectivity index (χ3n) is 4.16. The van der Waals surface area contributed by atoms with E-state index in [1.807, 2.05) is 16.7 Å². The third-order valence-corrected chi connectivity index (χ3v) is 4.16. The molecule has 2 aliphatic rings. The number of amides is 1. The topological polar surface area (TPSA) is 43.8 Å². The summed E-state index contributed by atoms with van der Waals surface area (Å²) in [5, 5.41) is 9.67. The van der Waals surface area contributed by atoms with Crippen LogP contribution in [0.5, 0.6) is 0 Å². The molecule has 1 saturated heterocycles. The Balaban J connectivity index is 1.82. The molecule has 0 bridgehead atoms. The van der Waals surface area contributed by atoms with Crippen molar-refractivity contribution in [1.29, 1.82) is 0 Å². The van der Waals surface area contributed by atoms with E-state index in [9.17, 15) is 9.90 Å². The van der Waals surface area contributed by atoms with Crippen molar-refractivity contribution in [3.8, 4) is 0 Å². The quantitative estimate of drug-likeness (QED) is 0.821. The molecule has 0 aromatic carbocycles. The minimum atomic E-state index is -0.581. The standard InChI is InChI=1S/C14H26N2O2/c1-3-16(12-7-5-4-6-8-12)13(17)9-15-10-14(2,18)11-15/h12,18H,3-11H2,1-2H3. The predicted octanol–water partition coefficient (Wildman–Crippen LogP) is 1.23. The van der Waals surface area contributed by atoms with Crippen molar-refractivity contribution < 1.29 is 9.90 Å². The SMILES string of the molecule is CCN(C(=O)CN1CC(C)(O)C1)C1CCCCC1. The lowest BCUT2D eigenvalue weighted by Crippen LogP contribution is -2.62. The number of hydrogen-bond donors (Lipinski definition) is 1. The van der Waals surface area contributed by atoms with Gasteiger partial charge in [0.2, 0.25) is 5.91 Å². The van der Waals surface area contributed by atoms with Crippen LogP contribution in [-0.4, -0.2) is 58.6 Å². The minimum absolute atomic E-state index is 0.236. The van der Waals surface area contributed by atoms with Gasteiger partial charge >= 0.3 is 0 Å². The highest BCUT2D eigenvalue weighted by Crippen LogP contribution is 2.24. The molecule has 1 aliphatic heterocycles. The van der Waals surface area contributed by atoms with Gasteiger partial charge in [0.25, 0.3) is 0 Å². The summed E-state index contributed by atoms with van der Waals surface area (Å²) in [4.78, 5) is 16.4. The first-order valence-electron chi connectivity index (χ1n) is 7.26. The number of nitrogens with zero attached hydrogens (tertiary/aromatic N) is 2. The van der Waals surface area contributed by atoms with Gasteiger partial charge in [-0.1, -0.05) is 19.3 Å². The summed E-state index contributed by atoms with van der Waals surface area (Å²) in [6.07, 6.45) is 6.16. The highest BCUT2D eigenvalue weighted by Gasteiger charge is 2.38. The third kappa shape index (κ3) is 3.23. The molecule has 0 atom stereocenters. The minimum Gasteiger partial charge on any atom is -0.388 e. The molecule has 1 N–H and O–H groups in total. The van der Waals surface area contributed by atoms with Gasteiger partial charge in [0.05, 0.1) is 12.1 Å². The number of hydrogen-bond acceptors (Lipinski definition) is 3. The molecule has 4 nitrogen and oxygen atoms in total. The van der Waals surface area contributed by atoms with E-state index in [4.69, 9.17) is 0 Å². The largest absolute Gasteiger partial charge is 0.388 e. The average molecular weight is 254 g/mol. The van der Waals surface area contributed by atoms with Gasteiger partial charge in [0.1, 0.15) is 0 Å². The van der Waals surface area contributed by atoms with Crippen molar-refractivity contribution in [1.82, 2.24) is 9.80 Å². The molecular weight excluding hydrogens is 228 g/mol.